The van der Waals surface area contributed by atoms with Gasteiger partial charge in [0.25, 0.3) is 0 Å². The first-order chi connectivity index (χ1) is 14.2. The largest absolute Gasteiger partial charge is 0.486 e. The number of carbonyl (C=O) groups excluding carboxylic acids is 1. The minimum Gasteiger partial charge on any atom is -0.486 e. The third-order valence-electron chi connectivity index (χ3n) is 4.63. The fourth-order valence-corrected chi connectivity index (χ4v) is 3.90. The lowest BCUT2D eigenvalue weighted by Gasteiger charge is -2.30. The van der Waals surface area contributed by atoms with Gasteiger partial charge in [-0.3, -0.25) is 4.79 Å². The number of benzene rings is 1. The molecule has 4 rings (SSSR count). The first kappa shape index (κ1) is 19.4. The Morgan fingerprint density at radius 1 is 1.24 bits per heavy atom. The Kier molecular flexibility index (Phi) is 5.75. The molecule has 0 saturated heterocycles. The van der Waals surface area contributed by atoms with Crippen LogP contribution in [-0.2, 0) is 11.8 Å². The second-order valence-corrected chi connectivity index (χ2v) is 7.50. The minimum absolute atomic E-state index is 0.0162. The standard InChI is InChI=1S/C20H22N4O4S/c1-3-24(11-14-12-27-15-7-4-5-8-16(15)28-14)18(25)13-29-20-22-21-19(23(20)2)17-9-6-10-26-17/h4-10,14H,3,11-13H2,1-2H3/t14-/m1/s1. The number of carbonyl (C=O) groups is 1. The average molecular weight is 414 g/mol. The number of amides is 1. The predicted molar refractivity (Wildman–Crippen MR) is 108 cm³/mol. The summed E-state index contributed by atoms with van der Waals surface area (Å²) in [6.45, 7) is 3.44. The number of hydrogen-bond acceptors (Lipinski definition) is 7. The monoisotopic (exact) mass is 414 g/mol. The molecule has 3 heterocycles. The molecule has 9 heteroatoms. The van der Waals surface area contributed by atoms with Gasteiger partial charge in [0.15, 0.2) is 34.3 Å². The topological polar surface area (TPSA) is 82.6 Å². The van der Waals surface area contributed by atoms with Crippen LogP contribution in [0.15, 0.2) is 52.2 Å². The number of furan rings is 1. The average Bonchev–Trinajstić information content (AvgIpc) is 3.40. The van der Waals surface area contributed by atoms with E-state index < -0.39 is 0 Å². The Bertz CT molecular complexity index is 973. The zero-order valence-electron chi connectivity index (χ0n) is 16.3. The molecular weight excluding hydrogens is 392 g/mol. The molecule has 2 aromatic heterocycles. The smallest absolute Gasteiger partial charge is 0.233 e. The summed E-state index contributed by atoms with van der Waals surface area (Å²) in [7, 11) is 1.85. The normalized spacial score (nSPS) is 15.3. The van der Waals surface area contributed by atoms with Crippen LogP contribution in [0.4, 0.5) is 0 Å². The van der Waals surface area contributed by atoms with Crippen LogP contribution in [0.5, 0.6) is 11.5 Å². The quantitative estimate of drug-likeness (QED) is 0.550. The van der Waals surface area contributed by atoms with Crippen molar-refractivity contribution in [1.82, 2.24) is 19.7 Å². The first-order valence-electron chi connectivity index (χ1n) is 9.38. The van der Waals surface area contributed by atoms with Crippen molar-refractivity contribution in [3.05, 3.63) is 42.7 Å². The summed E-state index contributed by atoms with van der Waals surface area (Å²) in [6, 6.07) is 11.2. The highest BCUT2D eigenvalue weighted by Crippen LogP contribution is 2.31. The van der Waals surface area contributed by atoms with Gasteiger partial charge in [-0.1, -0.05) is 23.9 Å². The molecule has 1 amide bonds. The summed E-state index contributed by atoms with van der Waals surface area (Å²) in [5.74, 6) is 3.01. The van der Waals surface area contributed by atoms with Gasteiger partial charge in [-0.2, -0.15) is 0 Å². The van der Waals surface area contributed by atoms with Crippen LogP contribution in [-0.4, -0.2) is 57.1 Å². The van der Waals surface area contributed by atoms with E-state index >= 15 is 0 Å². The molecule has 0 radical (unpaired) electrons. The number of fused-ring (bicyclic) bond motifs is 1. The Balaban J connectivity index is 1.34. The molecule has 0 saturated carbocycles. The van der Waals surface area contributed by atoms with Gasteiger partial charge in [-0.05, 0) is 31.2 Å². The number of hydrogen-bond donors (Lipinski definition) is 0. The Morgan fingerprint density at radius 2 is 2.07 bits per heavy atom. The van der Waals surface area contributed by atoms with Gasteiger partial charge in [0.1, 0.15) is 6.61 Å². The zero-order valence-corrected chi connectivity index (χ0v) is 17.1. The third-order valence-corrected chi connectivity index (χ3v) is 5.63. The molecule has 0 N–H and O–H groups in total. The number of ether oxygens (including phenoxy) is 2. The second kappa shape index (κ2) is 8.60. The molecule has 1 aromatic carbocycles. The number of nitrogens with zero attached hydrogens (tertiary/aromatic N) is 4. The summed E-state index contributed by atoms with van der Waals surface area (Å²) in [4.78, 5) is 14.5. The maximum atomic E-state index is 12.7. The van der Waals surface area contributed by atoms with Crippen LogP contribution in [0.3, 0.4) is 0 Å². The van der Waals surface area contributed by atoms with Crippen LogP contribution in [0.1, 0.15) is 6.92 Å². The van der Waals surface area contributed by atoms with Crippen LogP contribution >= 0.6 is 11.8 Å². The number of para-hydroxylation sites is 2. The molecule has 0 bridgehead atoms. The molecule has 1 aliphatic heterocycles. The fraction of sp³-hybridized carbons (Fsp3) is 0.350. The van der Waals surface area contributed by atoms with Crippen molar-refractivity contribution in [2.75, 3.05) is 25.4 Å². The highest BCUT2D eigenvalue weighted by molar-refractivity contribution is 7.99. The molecule has 0 fully saturated rings. The van der Waals surface area contributed by atoms with Crippen LogP contribution in [0, 0.1) is 0 Å². The summed E-state index contributed by atoms with van der Waals surface area (Å²) >= 11 is 1.35. The van der Waals surface area contributed by atoms with Crippen molar-refractivity contribution in [2.24, 2.45) is 7.05 Å². The first-order valence-corrected chi connectivity index (χ1v) is 10.4. The molecule has 3 aromatic rings. The molecule has 152 valence electrons. The minimum atomic E-state index is -0.195. The Hall–Kier alpha value is -2.94. The molecule has 1 atom stereocenters. The van der Waals surface area contributed by atoms with Crippen molar-refractivity contribution in [3.63, 3.8) is 0 Å². The highest BCUT2D eigenvalue weighted by atomic mass is 32.2. The van der Waals surface area contributed by atoms with Crippen LogP contribution in [0.2, 0.25) is 0 Å². The fourth-order valence-electron chi connectivity index (χ4n) is 3.08. The molecular formula is C20H22N4O4S. The number of aromatic nitrogens is 3. The summed E-state index contributed by atoms with van der Waals surface area (Å²) in [5.41, 5.74) is 0. The van der Waals surface area contributed by atoms with Gasteiger partial charge in [0.2, 0.25) is 5.91 Å². The number of rotatable bonds is 7. The van der Waals surface area contributed by atoms with Gasteiger partial charge < -0.3 is 23.4 Å². The van der Waals surface area contributed by atoms with E-state index in [-0.39, 0.29) is 17.8 Å². The lowest BCUT2D eigenvalue weighted by Crippen LogP contribution is -2.44. The molecule has 29 heavy (non-hydrogen) atoms. The van der Waals surface area contributed by atoms with Crippen molar-refractivity contribution < 1.29 is 18.7 Å². The summed E-state index contributed by atoms with van der Waals surface area (Å²) in [6.07, 6.45) is 1.40. The van der Waals surface area contributed by atoms with E-state index in [0.29, 0.717) is 42.2 Å². The van der Waals surface area contributed by atoms with Crippen molar-refractivity contribution in [1.29, 1.82) is 0 Å². The molecule has 8 nitrogen and oxygen atoms in total. The van der Waals surface area contributed by atoms with Crippen molar-refractivity contribution >= 4 is 17.7 Å². The van der Waals surface area contributed by atoms with Crippen LogP contribution in [0.25, 0.3) is 11.6 Å². The molecule has 0 aliphatic carbocycles. The highest BCUT2D eigenvalue weighted by Gasteiger charge is 2.25. The van der Waals surface area contributed by atoms with Crippen molar-refractivity contribution in [2.45, 2.75) is 18.2 Å². The maximum Gasteiger partial charge on any atom is 0.233 e. The SMILES string of the molecule is CCN(C[C@@H]1COc2ccccc2O1)C(=O)CSc1nnc(-c2ccco2)n1C. The van der Waals surface area contributed by atoms with E-state index in [1.807, 2.05) is 48.9 Å². The van der Waals surface area contributed by atoms with E-state index in [0.717, 1.165) is 5.75 Å². The zero-order chi connectivity index (χ0) is 20.2. The number of thioether (sulfide) groups is 1. The number of likely N-dealkylation sites (N-methyl/N-ethyl adjacent to an activating group) is 1. The lowest BCUT2D eigenvalue weighted by molar-refractivity contribution is -0.129. The van der Waals surface area contributed by atoms with Crippen LogP contribution < -0.4 is 9.47 Å². The van der Waals surface area contributed by atoms with Gasteiger partial charge in [-0.15, -0.1) is 10.2 Å². The van der Waals surface area contributed by atoms with Gasteiger partial charge in [0, 0.05) is 13.6 Å². The summed E-state index contributed by atoms with van der Waals surface area (Å²) in [5, 5.41) is 8.98. The third kappa shape index (κ3) is 4.24. The lowest BCUT2D eigenvalue weighted by atomic mass is 10.2. The summed E-state index contributed by atoms with van der Waals surface area (Å²) < 4.78 is 18.9. The van der Waals surface area contributed by atoms with Gasteiger partial charge in [0.05, 0.1) is 18.6 Å². The predicted octanol–water partition coefficient (Wildman–Crippen LogP) is 2.86. The van der Waals surface area contributed by atoms with E-state index in [4.69, 9.17) is 13.9 Å². The molecule has 1 aliphatic rings. The molecule has 0 unspecified atom stereocenters. The van der Waals surface area contributed by atoms with Gasteiger partial charge >= 0.3 is 0 Å². The van der Waals surface area contributed by atoms with E-state index in [1.54, 1.807) is 17.2 Å². The Labute approximate surface area is 172 Å². The van der Waals surface area contributed by atoms with Gasteiger partial charge in [-0.25, -0.2) is 0 Å². The van der Waals surface area contributed by atoms with E-state index in [1.165, 1.54) is 11.8 Å². The molecule has 0 spiro atoms. The van der Waals surface area contributed by atoms with E-state index in [2.05, 4.69) is 10.2 Å². The second-order valence-electron chi connectivity index (χ2n) is 6.56. The van der Waals surface area contributed by atoms with E-state index in [9.17, 15) is 4.79 Å². The Morgan fingerprint density at radius 3 is 2.83 bits per heavy atom. The van der Waals surface area contributed by atoms with Crippen molar-refractivity contribution in [3.8, 4) is 23.1 Å². The maximum absolute atomic E-state index is 12.7.